The fourth-order valence-corrected chi connectivity index (χ4v) is 2.25. The lowest BCUT2D eigenvalue weighted by molar-refractivity contribution is -0.120. The van der Waals surface area contributed by atoms with Crippen LogP contribution in [0.4, 0.5) is 0 Å². The number of hydrogen-bond donors (Lipinski definition) is 1. The molecule has 116 valence electrons. The highest BCUT2D eigenvalue weighted by Gasteiger charge is 2.03. The highest BCUT2D eigenvalue weighted by atomic mass is 16.5. The largest absolute Gasteiger partial charge is 0.492 e. The molecule has 1 N–H and O–H groups in total. The predicted octanol–water partition coefficient (Wildman–Crippen LogP) is 3.30. The molecule has 1 amide bonds. The Bertz CT molecular complexity index is 605. The standard InChI is InChI=1S/C19H23NO2/c1-3-16-7-9-18(10-8-16)22-12-11-20-19(21)14-17-6-4-5-15(2)13-17/h4-10,13H,3,11-12,14H2,1-2H3,(H,20,21). The minimum atomic E-state index is 0.0236. The lowest BCUT2D eigenvalue weighted by atomic mass is 10.1. The summed E-state index contributed by atoms with van der Waals surface area (Å²) < 4.78 is 5.61. The van der Waals surface area contributed by atoms with Crippen LogP contribution in [0.1, 0.15) is 23.6 Å². The molecule has 0 heterocycles. The number of carbonyl (C=O) groups excluding carboxylic acids is 1. The SMILES string of the molecule is CCc1ccc(OCCNC(=O)Cc2cccc(C)c2)cc1. The van der Waals surface area contributed by atoms with Crippen LogP contribution in [0.25, 0.3) is 0 Å². The fourth-order valence-electron chi connectivity index (χ4n) is 2.25. The van der Waals surface area contributed by atoms with E-state index in [9.17, 15) is 4.79 Å². The molecule has 0 fully saturated rings. The Labute approximate surface area is 132 Å². The number of nitrogens with one attached hydrogen (secondary N) is 1. The van der Waals surface area contributed by atoms with Crippen LogP contribution in [-0.4, -0.2) is 19.1 Å². The van der Waals surface area contributed by atoms with Gasteiger partial charge in [0.1, 0.15) is 12.4 Å². The van der Waals surface area contributed by atoms with Gasteiger partial charge in [0.05, 0.1) is 13.0 Å². The van der Waals surface area contributed by atoms with E-state index in [1.807, 2.05) is 43.3 Å². The monoisotopic (exact) mass is 297 g/mol. The second kappa shape index (κ2) is 8.23. The van der Waals surface area contributed by atoms with Crippen molar-refractivity contribution in [2.45, 2.75) is 26.7 Å². The number of aryl methyl sites for hydroxylation is 2. The molecule has 0 radical (unpaired) electrons. The van der Waals surface area contributed by atoms with Crippen molar-refractivity contribution in [1.82, 2.24) is 5.32 Å². The van der Waals surface area contributed by atoms with Crippen molar-refractivity contribution in [1.29, 1.82) is 0 Å². The predicted molar refractivity (Wildman–Crippen MR) is 89.2 cm³/mol. The van der Waals surface area contributed by atoms with Gasteiger partial charge in [0.25, 0.3) is 0 Å². The maximum absolute atomic E-state index is 11.9. The summed E-state index contributed by atoms with van der Waals surface area (Å²) in [6, 6.07) is 16.1. The van der Waals surface area contributed by atoms with Crippen LogP contribution in [0.15, 0.2) is 48.5 Å². The maximum atomic E-state index is 11.9. The first kappa shape index (κ1) is 16.1. The third-order valence-corrected chi connectivity index (χ3v) is 3.47. The van der Waals surface area contributed by atoms with Crippen LogP contribution in [0, 0.1) is 6.92 Å². The van der Waals surface area contributed by atoms with Gasteiger partial charge >= 0.3 is 0 Å². The van der Waals surface area contributed by atoms with Gasteiger partial charge in [-0.15, -0.1) is 0 Å². The number of rotatable bonds is 7. The zero-order chi connectivity index (χ0) is 15.8. The second-order valence-electron chi connectivity index (χ2n) is 5.36. The van der Waals surface area contributed by atoms with Gasteiger partial charge in [-0.2, -0.15) is 0 Å². The van der Waals surface area contributed by atoms with Crippen LogP contribution in [-0.2, 0) is 17.6 Å². The second-order valence-corrected chi connectivity index (χ2v) is 5.36. The van der Waals surface area contributed by atoms with E-state index in [1.165, 1.54) is 11.1 Å². The normalized spacial score (nSPS) is 10.3. The molecule has 0 unspecified atom stereocenters. The van der Waals surface area contributed by atoms with E-state index in [-0.39, 0.29) is 5.91 Å². The molecule has 3 nitrogen and oxygen atoms in total. The molecule has 0 aromatic heterocycles. The molecule has 0 atom stereocenters. The van der Waals surface area contributed by atoms with Crippen LogP contribution < -0.4 is 10.1 Å². The van der Waals surface area contributed by atoms with Gasteiger partial charge in [-0.05, 0) is 36.6 Å². The fraction of sp³-hybridized carbons (Fsp3) is 0.316. The number of amides is 1. The Morgan fingerprint density at radius 2 is 1.86 bits per heavy atom. The first-order chi connectivity index (χ1) is 10.7. The summed E-state index contributed by atoms with van der Waals surface area (Å²) in [6.45, 7) is 5.14. The summed E-state index contributed by atoms with van der Waals surface area (Å²) in [4.78, 5) is 11.9. The molecule has 2 rings (SSSR count). The quantitative estimate of drug-likeness (QED) is 0.796. The first-order valence-electron chi connectivity index (χ1n) is 7.71. The molecule has 0 aliphatic heterocycles. The van der Waals surface area contributed by atoms with Crippen LogP contribution in [0.2, 0.25) is 0 Å². The van der Waals surface area contributed by atoms with E-state index in [1.54, 1.807) is 0 Å². The molecule has 0 bridgehead atoms. The van der Waals surface area contributed by atoms with E-state index in [4.69, 9.17) is 4.74 Å². The summed E-state index contributed by atoms with van der Waals surface area (Å²) in [5.74, 6) is 0.862. The zero-order valence-electron chi connectivity index (χ0n) is 13.3. The number of ether oxygens (including phenoxy) is 1. The molecule has 22 heavy (non-hydrogen) atoms. The molecule has 0 saturated carbocycles. The smallest absolute Gasteiger partial charge is 0.224 e. The molecule has 0 saturated heterocycles. The van der Waals surface area contributed by atoms with Crippen LogP contribution >= 0.6 is 0 Å². The van der Waals surface area contributed by atoms with Gasteiger partial charge in [-0.25, -0.2) is 0 Å². The van der Waals surface area contributed by atoms with Gasteiger partial charge in [0, 0.05) is 0 Å². The zero-order valence-corrected chi connectivity index (χ0v) is 13.3. The number of hydrogen-bond acceptors (Lipinski definition) is 2. The summed E-state index contributed by atoms with van der Waals surface area (Å²) in [5.41, 5.74) is 3.50. The summed E-state index contributed by atoms with van der Waals surface area (Å²) in [5, 5.41) is 2.88. The summed E-state index contributed by atoms with van der Waals surface area (Å²) in [6.07, 6.45) is 1.43. The van der Waals surface area contributed by atoms with E-state index < -0.39 is 0 Å². The molecular weight excluding hydrogens is 274 g/mol. The number of benzene rings is 2. The summed E-state index contributed by atoms with van der Waals surface area (Å²) >= 11 is 0. The highest BCUT2D eigenvalue weighted by Crippen LogP contribution is 2.12. The van der Waals surface area contributed by atoms with Crippen molar-refractivity contribution < 1.29 is 9.53 Å². The lowest BCUT2D eigenvalue weighted by Gasteiger charge is -2.08. The van der Waals surface area contributed by atoms with Crippen molar-refractivity contribution in [3.05, 3.63) is 65.2 Å². The van der Waals surface area contributed by atoms with Gasteiger partial charge in [-0.3, -0.25) is 4.79 Å². The Hall–Kier alpha value is -2.29. The maximum Gasteiger partial charge on any atom is 0.224 e. The molecule has 0 spiro atoms. The number of carbonyl (C=O) groups is 1. The van der Waals surface area contributed by atoms with Crippen molar-refractivity contribution in [3.8, 4) is 5.75 Å². The van der Waals surface area contributed by atoms with Crippen molar-refractivity contribution in [3.63, 3.8) is 0 Å². The third-order valence-electron chi connectivity index (χ3n) is 3.47. The minimum Gasteiger partial charge on any atom is -0.492 e. The molecule has 0 aliphatic rings. The Kier molecular flexibility index (Phi) is 6.01. The minimum absolute atomic E-state index is 0.0236. The average molecular weight is 297 g/mol. The van der Waals surface area contributed by atoms with Gasteiger partial charge in [0.15, 0.2) is 0 Å². The Morgan fingerprint density at radius 1 is 1.09 bits per heavy atom. The Morgan fingerprint density at radius 3 is 2.55 bits per heavy atom. The van der Waals surface area contributed by atoms with E-state index in [2.05, 4.69) is 24.4 Å². The van der Waals surface area contributed by atoms with Crippen LogP contribution in [0.3, 0.4) is 0 Å². The molecule has 0 aliphatic carbocycles. The molecule has 2 aromatic carbocycles. The van der Waals surface area contributed by atoms with E-state index >= 15 is 0 Å². The Balaban J connectivity index is 1.68. The van der Waals surface area contributed by atoms with Crippen LogP contribution in [0.5, 0.6) is 5.75 Å². The third kappa shape index (κ3) is 5.24. The van der Waals surface area contributed by atoms with Crippen molar-refractivity contribution >= 4 is 5.91 Å². The molecule has 3 heteroatoms. The average Bonchev–Trinajstić information content (AvgIpc) is 2.52. The highest BCUT2D eigenvalue weighted by molar-refractivity contribution is 5.78. The first-order valence-corrected chi connectivity index (χ1v) is 7.71. The lowest BCUT2D eigenvalue weighted by Crippen LogP contribution is -2.29. The summed E-state index contributed by atoms with van der Waals surface area (Å²) in [7, 11) is 0. The van der Waals surface area contributed by atoms with Gasteiger partial charge < -0.3 is 10.1 Å². The van der Waals surface area contributed by atoms with Crippen molar-refractivity contribution in [2.24, 2.45) is 0 Å². The topological polar surface area (TPSA) is 38.3 Å². The van der Waals surface area contributed by atoms with Crippen molar-refractivity contribution in [2.75, 3.05) is 13.2 Å². The van der Waals surface area contributed by atoms with Gasteiger partial charge in [0.2, 0.25) is 5.91 Å². The molecule has 2 aromatic rings. The van der Waals surface area contributed by atoms with Gasteiger partial charge in [-0.1, -0.05) is 48.9 Å². The molecular formula is C19H23NO2. The van der Waals surface area contributed by atoms with E-state index in [0.29, 0.717) is 19.6 Å². The van der Waals surface area contributed by atoms with E-state index in [0.717, 1.165) is 17.7 Å².